The summed E-state index contributed by atoms with van der Waals surface area (Å²) in [6.45, 7) is 6.72. The molecule has 0 bridgehead atoms. The van der Waals surface area contributed by atoms with Gasteiger partial charge >= 0.3 is 0 Å². The lowest BCUT2D eigenvalue weighted by Crippen LogP contribution is -2.46. The minimum atomic E-state index is -0.127. The molecule has 1 fully saturated rings. The van der Waals surface area contributed by atoms with Gasteiger partial charge in [0.25, 0.3) is 0 Å². The average molecular weight is 464 g/mol. The zero-order valence-electron chi connectivity index (χ0n) is 15.4. The van der Waals surface area contributed by atoms with Crippen LogP contribution in [0.5, 0.6) is 0 Å². The Kier molecular flexibility index (Phi) is 11.0. The van der Waals surface area contributed by atoms with E-state index in [9.17, 15) is 5.11 Å². The number of aliphatic hydroxyl groups excluding tert-OH is 1. The summed E-state index contributed by atoms with van der Waals surface area (Å²) in [4.78, 5) is 4.68. The van der Waals surface area contributed by atoms with E-state index in [1.54, 1.807) is 6.33 Å². The molecule has 1 aliphatic carbocycles. The van der Waals surface area contributed by atoms with Gasteiger partial charge in [-0.25, -0.2) is 0 Å². The highest BCUT2D eigenvalue weighted by molar-refractivity contribution is 14.0. The predicted molar refractivity (Wildman–Crippen MR) is 111 cm³/mol. The molecule has 0 unspecified atom stereocenters. The molecule has 1 heterocycles. The zero-order valence-corrected chi connectivity index (χ0v) is 17.8. The van der Waals surface area contributed by atoms with E-state index in [-0.39, 0.29) is 30.1 Å². The Bertz CT molecular complexity index is 499. The monoisotopic (exact) mass is 464 g/mol. The van der Waals surface area contributed by atoms with Crippen LogP contribution in [0.2, 0.25) is 0 Å². The summed E-state index contributed by atoms with van der Waals surface area (Å²) in [6.07, 6.45) is 8.54. The predicted octanol–water partition coefficient (Wildman–Crippen LogP) is 2.10. The van der Waals surface area contributed by atoms with Crippen LogP contribution in [0.15, 0.2) is 11.3 Å². The van der Waals surface area contributed by atoms with Crippen LogP contribution in [-0.2, 0) is 13.0 Å². The van der Waals surface area contributed by atoms with Crippen LogP contribution in [0.1, 0.15) is 58.2 Å². The summed E-state index contributed by atoms with van der Waals surface area (Å²) >= 11 is 0. The molecule has 0 spiro atoms. The molecule has 0 atom stereocenters. The van der Waals surface area contributed by atoms with Gasteiger partial charge in [0.2, 0.25) is 0 Å². The van der Waals surface area contributed by atoms with Gasteiger partial charge in [0.15, 0.2) is 5.96 Å². The molecule has 1 aromatic heterocycles. The molecule has 144 valence electrons. The second-order valence-electron chi connectivity index (χ2n) is 6.45. The Morgan fingerprint density at radius 2 is 2.08 bits per heavy atom. The maximum absolute atomic E-state index is 9.64. The van der Waals surface area contributed by atoms with Crippen molar-refractivity contribution in [3.8, 4) is 0 Å². The Balaban J connectivity index is 0.00000312. The highest BCUT2D eigenvalue weighted by Crippen LogP contribution is 2.18. The fourth-order valence-corrected chi connectivity index (χ4v) is 2.95. The molecule has 0 saturated heterocycles. The Hall–Kier alpha value is -0.900. The highest BCUT2D eigenvalue weighted by atomic mass is 127. The third-order valence-corrected chi connectivity index (χ3v) is 4.48. The van der Waals surface area contributed by atoms with Gasteiger partial charge in [-0.15, -0.1) is 34.2 Å². The summed E-state index contributed by atoms with van der Waals surface area (Å²) in [5.74, 6) is 1.89. The van der Waals surface area contributed by atoms with Crippen molar-refractivity contribution in [3.63, 3.8) is 0 Å². The topological polar surface area (TPSA) is 87.4 Å². The van der Waals surface area contributed by atoms with Crippen molar-refractivity contribution < 1.29 is 5.11 Å². The molecule has 8 heteroatoms. The molecule has 0 aromatic carbocycles. The fourth-order valence-electron chi connectivity index (χ4n) is 2.95. The number of aryl methyl sites for hydroxylation is 1. The van der Waals surface area contributed by atoms with E-state index in [4.69, 9.17) is 0 Å². The van der Waals surface area contributed by atoms with E-state index >= 15 is 0 Å². The summed E-state index contributed by atoms with van der Waals surface area (Å²) in [5, 5.41) is 24.7. The van der Waals surface area contributed by atoms with Crippen LogP contribution in [0.25, 0.3) is 0 Å². The first-order valence-electron chi connectivity index (χ1n) is 9.32. The van der Waals surface area contributed by atoms with Gasteiger partial charge in [-0.05, 0) is 32.1 Å². The van der Waals surface area contributed by atoms with Crippen LogP contribution >= 0.6 is 24.0 Å². The van der Waals surface area contributed by atoms with E-state index in [1.165, 1.54) is 0 Å². The van der Waals surface area contributed by atoms with Gasteiger partial charge in [-0.2, -0.15) is 0 Å². The second-order valence-corrected chi connectivity index (χ2v) is 6.45. The van der Waals surface area contributed by atoms with Crippen molar-refractivity contribution in [1.29, 1.82) is 0 Å². The third-order valence-electron chi connectivity index (χ3n) is 4.48. The molecule has 0 aliphatic heterocycles. The van der Waals surface area contributed by atoms with Crippen molar-refractivity contribution in [2.24, 2.45) is 4.99 Å². The molecular weight excluding hydrogens is 431 g/mol. The van der Waals surface area contributed by atoms with Gasteiger partial charge in [-0.1, -0.05) is 20.3 Å². The SMILES string of the molecule is CCCCN=C(NCCn1cnnc1CC)NC1CCC(O)CC1.I. The van der Waals surface area contributed by atoms with Crippen molar-refractivity contribution in [3.05, 3.63) is 12.2 Å². The van der Waals surface area contributed by atoms with Crippen LogP contribution in [0, 0.1) is 0 Å². The number of hydrogen-bond acceptors (Lipinski definition) is 4. The number of nitrogens with zero attached hydrogens (tertiary/aromatic N) is 4. The van der Waals surface area contributed by atoms with Crippen molar-refractivity contribution in [1.82, 2.24) is 25.4 Å². The second kappa shape index (κ2) is 12.5. The maximum Gasteiger partial charge on any atom is 0.191 e. The van der Waals surface area contributed by atoms with Gasteiger partial charge in [0, 0.05) is 32.1 Å². The lowest BCUT2D eigenvalue weighted by atomic mass is 9.93. The standard InChI is InChI=1S/C17H32N6O.HI/c1-3-5-10-18-17(21-14-6-8-15(24)9-7-14)19-11-12-23-13-20-22-16(23)4-2;/h13-15,24H,3-12H2,1-2H3,(H2,18,19,21);1H. The summed E-state index contributed by atoms with van der Waals surface area (Å²) < 4.78 is 2.08. The Morgan fingerprint density at radius 1 is 1.32 bits per heavy atom. The molecule has 0 amide bonds. The van der Waals surface area contributed by atoms with Crippen LogP contribution in [0.4, 0.5) is 0 Å². The summed E-state index contributed by atoms with van der Waals surface area (Å²) in [5.41, 5.74) is 0. The van der Waals surface area contributed by atoms with E-state index in [2.05, 4.69) is 44.2 Å². The Labute approximate surface area is 168 Å². The first-order chi connectivity index (χ1) is 11.7. The number of halogens is 1. The number of hydrogen-bond donors (Lipinski definition) is 3. The molecular formula is C17H33IN6O. The number of aliphatic hydroxyl groups is 1. The van der Waals surface area contributed by atoms with Crippen molar-refractivity contribution in [2.45, 2.75) is 77.5 Å². The number of nitrogens with one attached hydrogen (secondary N) is 2. The number of rotatable bonds is 8. The average Bonchev–Trinajstić information content (AvgIpc) is 3.04. The number of unbranched alkanes of at least 4 members (excludes halogenated alkanes) is 1. The molecule has 1 saturated carbocycles. The van der Waals surface area contributed by atoms with E-state index in [1.807, 2.05) is 0 Å². The quantitative estimate of drug-likeness (QED) is 0.238. The normalized spacial score (nSPS) is 20.8. The van der Waals surface area contributed by atoms with Gasteiger partial charge in [-0.3, -0.25) is 4.99 Å². The number of guanidine groups is 1. The van der Waals surface area contributed by atoms with Crippen LogP contribution in [-0.4, -0.2) is 51.1 Å². The van der Waals surface area contributed by atoms with Gasteiger partial charge in [0.1, 0.15) is 12.2 Å². The van der Waals surface area contributed by atoms with Crippen molar-refractivity contribution >= 4 is 29.9 Å². The molecule has 1 aliphatic rings. The largest absolute Gasteiger partial charge is 0.393 e. The minimum Gasteiger partial charge on any atom is -0.393 e. The lowest BCUT2D eigenvalue weighted by Gasteiger charge is -2.27. The first-order valence-corrected chi connectivity index (χ1v) is 9.32. The fraction of sp³-hybridized carbons (Fsp3) is 0.824. The minimum absolute atomic E-state index is 0. The number of aliphatic imine (C=N–C) groups is 1. The van der Waals surface area contributed by atoms with Crippen molar-refractivity contribution in [2.75, 3.05) is 13.1 Å². The highest BCUT2D eigenvalue weighted by Gasteiger charge is 2.20. The molecule has 25 heavy (non-hydrogen) atoms. The summed E-state index contributed by atoms with van der Waals surface area (Å²) in [7, 11) is 0. The molecule has 1 aromatic rings. The van der Waals surface area contributed by atoms with E-state index in [0.29, 0.717) is 6.04 Å². The zero-order chi connectivity index (χ0) is 17.2. The van der Waals surface area contributed by atoms with Crippen LogP contribution in [0.3, 0.4) is 0 Å². The smallest absolute Gasteiger partial charge is 0.191 e. The summed E-state index contributed by atoms with van der Waals surface area (Å²) in [6, 6.07) is 0.405. The van der Waals surface area contributed by atoms with Gasteiger partial charge in [0.05, 0.1) is 6.10 Å². The first kappa shape index (κ1) is 22.1. The van der Waals surface area contributed by atoms with Gasteiger partial charge < -0.3 is 20.3 Å². The third kappa shape index (κ3) is 7.89. The van der Waals surface area contributed by atoms with E-state index in [0.717, 1.165) is 76.4 Å². The van der Waals surface area contributed by atoms with Crippen LogP contribution < -0.4 is 10.6 Å². The number of aromatic nitrogens is 3. The lowest BCUT2D eigenvalue weighted by molar-refractivity contribution is 0.120. The molecule has 7 nitrogen and oxygen atoms in total. The van der Waals surface area contributed by atoms with E-state index < -0.39 is 0 Å². The molecule has 3 N–H and O–H groups in total. The molecule has 2 rings (SSSR count). The molecule has 0 radical (unpaired) electrons. The Morgan fingerprint density at radius 3 is 2.76 bits per heavy atom. The maximum atomic E-state index is 9.64.